The summed E-state index contributed by atoms with van der Waals surface area (Å²) < 4.78 is 0. The SMILES string of the molecule is Cc1cc(N(C)Cc2cccc(Cl)c2)nc(NN)n1. The summed E-state index contributed by atoms with van der Waals surface area (Å²) in [4.78, 5) is 10.5. The highest BCUT2D eigenvalue weighted by Crippen LogP contribution is 2.17. The minimum Gasteiger partial charge on any atom is -0.355 e. The highest BCUT2D eigenvalue weighted by Gasteiger charge is 2.07. The average Bonchev–Trinajstić information content (AvgIpc) is 2.38. The number of hydrazine groups is 1. The van der Waals surface area contributed by atoms with E-state index < -0.39 is 0 Å². The van der Waals surface area contributed by atoms with Gasteiger partial charge in [-0.2, -0.15) is 4.98 Å². The molecule has 0 radical (unpaired) electrons. The van der Waals surface area contributed by atoms with Crippen molar-refractivity contribution in [2.75, 3.05) is 17.4 Å². The first-order chi connectivity index (χ1) is 9.08. The zero-order valence-electron chi connectivity index (χ0n) is 10.9. The van der Waals surface area contributed by atoms with Crippen LogP contribution in [-0.4, -0.2) is 17.0 Å². The quantitative estimate of drug-likeness (QED) is 0.663. The highest BCUT2D eigenvalue weighted by molar-refractivity contribution is 6.30. The summed E-state index contributed by atoms with van der Waals surface area (Å²) >= 11 is 5.98. The molecule has 0 atom stereocenters. The Labute approximate surface area is 117 Å². The van der Waals surface area contributed by atoms with E-state index in [4.69, 9.17) is 17.4 Å². The van der Waals surface area contributed by atoms with E-state index in [0.717, 1.165) is 22.1 Å². The van der Waals surface area contributed by atoms with Crippen molar-refractivity contribution in [1.29, 1.82) is 0 Å². The Hall–Kier alpha value is -1.85. The fraction of sp³-hybridized carbons (Fsp3) is 0.231. The number of nitrogen functional groups attached to an aromatic ring is 1. The lowest BCUT2D eigenvalue weighted by Crippen LogP contribution is -2.20. The van der Waals surface area contributed by atoms with Crippen LogP contribution in [0, 0.1) is 6.92 Å². The highest BCUT2D eigenvalue weighted by atomic mass is 35.5. The zero-order valence-corrected chi connectivity index (χ0v) is 11.6. The molecule has 0 fully saturated rings. The summed E-state index contributed by atoms with van der Waals surface area (Å²) in [5.41, 5.74) is 4.44. The molecular weight excluding hydrogens is 262 g/mol. The van der Waals surface area contributed by atoms with Crippen molar-refractivity contribution < 1.29 is 0 Å². The molecule has 0 bridgehead atoms. The molecule has 5 nitrogen and oxygen atoms in total. The topological polar surface area (TPSA) is 67.1 Å². The maximum atomic E-state index is 5.98. The standard InChI is InChI=1S/C13H16ClN5/c1-9-6-12(17-13(16-9)18-15)19(2)8-10-4-3-5-11(14)7-10/h3-7H,8,15H2,1-2H3,(H,16,17,18). The monoisotopic (exact) mass is 277 g/mol. The molecule has 1 aromatic heterocycles. The van der Waals surface area contributed by atoms with E-state index in [2.05, 4.69) is 15.4 Å². The molecule has 0 aliphatic carbocycles. The van der Waals surface area contributed by atoms with Gasteiger partial charge in [0.2, 0.25) is 5.95 Å². The summed E-state index contributed by atoms with van der Waals surface area (Å²) in [5.74, 6) is 6.57. The molecule has 3 N–H and O–H groups in total. The Morgan fingerprint density at radius 2 is 2.11 bits per heavy atom. The Bertz CT molecular complexity index is 573. The Balaban J connectivity index is 2.20. The van der Waals surface area contributed by atoms with Gasteiger partial charge < -0.3 is 4.90 Å². The summed E-state index contributed by atoms with van der Waals surface area (Å²) in [5, 5.41) is 0.731. The van der Waals surface area contributed by atoms with Crippen LogP contribution in [0.4, 0.5) is 11.8 Å². The second-order valence-corrected chi connectivity index (χ2v) is 4.76. The van der Waals surface area contributed by atoms with Crippen LogP contribution in [0.15, 0.2) is 30.3 Å². The minimum absolute atomic E-state index is 0.410. The molecule has 100 valence electrons. The number of nitrogens with two attached hydrogens (primary N) is 1. The van der Waals surface area contributed by atoms with Gasteiger partial charge in [-0.3, -0.25) is 5.43 Å². The van der Waals surface area contributed by atoms with Gasteiger partial charge in [0.1, 0.15) is 5.82 Å². The van der Waals surface area contributed by atoms with Gasteiger partial charge in [0.05, 0.1) is 0 Å². The molecule has 0 spiro atoms. The number of hydrogen-bond donors (Lipinski definition) is 2. The van der Waals surface area contributed by atoms with E-state index in [9.17, 15) is 0 Å². The molecule has 1 aromatic carbocycles. The van der Waals surface area contributed by atoms with Crippen molar-refractivity contribution in [3.8, 4) is 0 Å². The lowest BCUT2D eigenvalue weighted by molar-refractivity contribution is 0.886. The lowest BCUT2D eigenvalue weighted by Gasteiger charge is -2.19. The van der Waals surface area contributed by atoms with E-state index in [1.54, 1.807) is 0 Å². The maximum Gasteiger partial charge on any atom is 0.239 e. The van der Waals surface area contributed by atoms with E-state index >= 15 is 0 Å². The molecule has 0 aliphatic rings. The number of hydrogen-bond acceptors (Lipinski definition) is 5. The second kappa shape index (κ2) is 5.86. The number of anilines is 2. The first-order valence-corrected chi connectivity index (χ1v) is 6.24. The molecular formula is C13H16ClN5. The molecule has 0 saturated carbocycles. The van der Waals surface area contributed by atoms with Gasteiger partial charge in [-0.25, -0.2) is 10.8 Å². The zero-order chi connectivity index (χ0) is 13.8. The molecule has 6 heteroatoms. The number of nitrogens with one attached hydrogen (secondary N) is 1. The largest absolute Gasteiger partial charge is 0.355 e. The van der Waals surface area contributed by atoms with Crippen LogP contribution in [0.2, 0.25) is 5.02 Å². The van der Waals surface area contributed by atoms with Gasteiger partial charge >= 0.3 is 0 Å². The number of aryl methyl sites for hydroxylation is 1. The van der Waals surface area contributed by atoms with Gasteiger partial charge in [-0.15, -0.1) is 0 Å². The average molecular weight is 278 g/mol. The van der Waals surface area contributed by atoms with Crippen molar-refractivity contribution in [2.45, 2.75) is 13.5 Å². The van der Waals surface area contributed by atoms with Crippen molar-refractivity contribution in [2.24, 2.45) is 5.84 Å². The minimum atomic E-state index is 0.410. The smallest absolute Gasteiger partial charge is 0.239 e. The molecule has 1 heterocycles. The fourth-order valence-electron chi connectivity index (χ4n) is 1.80. The van der Waals surface area contributed by atoms with Crippen molar-refractivity contribution in [3.63, 3.8) is 0 Å². The lowest BCUT2D eigenvalue weighted by atomic mass is 10.2. The summed E-state index contributed by atoms with van der Waals surface area (Å²) in [6, 6.07) is 9.66. The molecule has 19 heavy (non-hydrogen) atoms. The van der Waals surface area contributed by atoms with Gasteiger partial charge in [-0.1, -0.05) is 23.7 Å². The molecule has 0 unspecified atom stereocenters. The number of aromatic nitrogens is 2. The summed E-state index contributed by atoms with van der Waals surface area (Å²) in [7, 11) is 1.96. The van der Waals surface area contributed by atoms with Crippen LogP contribution in [-0.2, 0) is 6.54 Å². The van der Waals surface area contributed by atoms with Crippen LogP contribution < -0.4 is 16.2 Å². The number of rotatable bonds is 4. The molecule has 0 saturated heterocycles. The van der Waals surface area contributed by atoms with E-state index in [1.807, 2.05) is 49.2 Å². The predicted molar refractivity (Wildman–Crippen MR) is 78.1 cm³/mol. The fourth-order valence-corrected chi connectivity index (χ4v) is 2.02. The van der Waals surface area contributed by atoms with Gasteiger partial charge in [0.15, 0.2) is 0 Å². The molecule has 2 aromatic rings. The third kappa shape index (κ3) is 3.56. The van der Waals surface area contributed by atoms with E-state index in [1.165, 1.54) is 0 Å². The first-order valence-electron chi connectivity index (χ1n) is 5.86. The third-order valence-corrected chi connectivity index (χ3v) is 2.90. The van der Waals surface area contributed by atoms with Crippen LogP contribution in [0.3, 0.4) is 0 Å². The molecule has 0 amide bonds. The van der Waals surface area contributed by atoms with Gasteiger partial charge in [0, 0.05) is 30.4 Å². The van der Waals surface area contributed by atoms with Gasteiger partial charge in [0.25, 0.3) is 0 Å². The Morgan fingerprint density at radius 1 is 1.32 bits per heavy atom. The van der Waals surface area contributed by atoms with Gasteiger partial charge in [-0.05, 0) is 24.6 Å². The predicted octanol–water partition coefficient (Wildman–Crippen LogP) is 2.36. The first kappa shape index (κ1) is 13.6. The van der Waals surface area contributed by atoms with Crippen LogP contribution >= 0.6 is 11.6 Å². The Kier molecular flexibility index (Phi) is 4.19. The maximum absolute atomic E-state index is 5.98. The van der Waals surface area contributed by atoms with E-state index in [0.29, 0.717) is 12.5 Å². The summed E-state index contributed by atoms with van der Waals surface area (Å²) in [6.45, 7) is 2.61. The van der Waals surface area contributed by atoms with Crippen molar-refractivity contribution in [1.82, 2.24) is 9.97 Å². The number of halogens is 1. The molecule has 0 aliphatic heterocycles. The van der Waals surface area contributed by atoms with Crippen LogP contribution in [0.25, 0.3) is 0 Å². The van der Waals surface area contributed by atoms with Crippen LogP contribution in [0.5, 0.6) is 0 Å². The number of nitrogens with zero attached hydrogens (tertiary/aromatic N) is 3. The third-order valence-electron chi connectivity index (χ3n) is 2.67. The van der Waals surface area contributed by atoms with E-state index in [-0.39, 0.29) is 0 Å². The van der Waals surface area contributed by atoms with Crippen LogP contribution in [0.1, 0.15) is 11.3 Å². The summed E-state index contributed by atoms with van der Waals surface area (Å²) in [6.07, 6.45) is 0. The number of benzene rings is 1. The molecule has 2 rings (SSSR count). The normalized spacial score (nSPS) is 10.3. The van der Waals surface area contributed by atoms with Crippen molar-refractivity contribution in [3.05, 3.63) is 46.6 Å². The Morgan fingerprint density at radius 3 is 2.79 bits per heavy atom. The second-order valence-electron chi connectivity index (χ2n) is 4.32. The van der Waals surface area contributed by atoms with Crippen molar-refractivity contribution >= 4 is 23.4 Å².